The number of nitrogens with one attached hydrogen (secondary N) is 1. The van der Waals surface area contributed by atoms with Crippen molar-refractivity contribution in [3.63, 3.8) is 0 Å². The fraction of sp³-hybridized carbons (Fsp3) is 0.706. The molecule has 6 heteroatoms. The average molecular weight is 322 g/mol. The molecule has 1 fully saturated rings. The molecule has 0 spiro atoms. The first kappa shape index (κ1) is 17.5. The Morgan fingerprint density at radius 3 is 2.61 bits per heavy atom. The molecule has 1 aliphatic carbocycles. The Labute approximate surface area is 136 Å². The lowest BCUT2D eigenvalue weighted by Crippen LogP contribution is -2.47. The van der Waals surface area contributed by atoms with Crippen LogP contribution in [0, 0.1) is 25.7 Å². The predicted molar refractivity (Wildman–Crippen MR) is 85.0 cm³/mol. The van der Waals surface area contributed by atoms with E-state index in [0.29, 0.717) is 28.9 Å². The maximum absolute atomic E-state index is 12.3. The van der Waals surface area contributed by atoms with Crippen LogP contribution in [-0.4, -0.2) is 29.2 Å². The first-order valence-electron chi connectivity index (χ1n) is 8.25. The summed E-state index contributed by atoms with van der Waals surface area (Å²) in [7, 11) is 0. The molecule has 4 atom stereocenters. The van der Waals surface area contributed by atoms with Crippen LogP contribution in [0.25, 0.3) is 0 Å². The molecular formula is C17H26N2O4. The van der Waals surface area contributed by atoms with E-state index in [-0.39, 0.29) is 11.9 Å². The van der Waals surface area contributed by atoms with Crippen molar-refractivity contribution in [2.24, 2.45) is 11.8 Å². The molecule has 0 unspecified atom stereocenters. The fourth-order valence-corrected chi connectivity index (χ4v) is 3.13. The van der Waals surface area contributed by atoms with E-state index in [9.17, 15) is 9.59 Å². The van der Waals surface area contributed by atoms with Gasteiger partial charge in [-0.05, 0) is 39.0 Å². The topological polar surface area (TPSA) is 81.4 Å². The summed E-state index contributed by atoms with van der Waals surface area (Å²) in [6.07, 6.45) is 2.44. The van der Waals surface area contributed by atoms with Crippen LogP contribution in [0.2, 0.25) is 0 Å². The normalized spacial score (nSPS) is 25.7. The van der Waals surface area contributed by atoms with Gasteiger partial charge >= 0.3 is 5.97 Å². The van der Waals surface area contributed by atoms with E-state index >= 15 is 0 Å². The number of rotatable bonds is 4. The summed E-state index contributed by atoms with van der Waals surface area (Å²) in [5.41, 5.74) is 0.763. The van der Waals surface area contributed by atoms with Crippen LogP contribution in [0.3, 0.4) is 0 Å². The number of carbonyl (C=O) groups is 2. The molecule has 1 aliphatic rings. The SMILES string of the molecule is Cc1noc(C)c1C(=O)O[C@H](C)C(=O)N[C@@H]1CCC[C@H](C)[C@@H]1C. The van der Waals surface area contributed by atoms with E-state index in [4.69, 9.17) is 9.26 Å². The molecule has 6 nitrogen and oxygen atoms in total. The van der Waals surface area contributed by atoms with Gasteiger partial charge in [0.05, 0.1) is 5.69 Å². The largest absolute Gasteiger partial charge is 0.449 e. The highest BCUT2D eigenvalue weighted by Gasteiger charge is 2.30. The number of carbonyl (C=O) groups excluding carboxylic acids is 2. The third-order valence-electron chi connectivity index (χ3n) is 4.93. The van der Waals surface area contributed by atoms with Gasteiger partial charge < -0.3 is 14.6 Å². The molecule has 2 rings (SSSR count). The molecule has 23 heavy (non-hydrogen) atoms. The minimum atomic E-state index is -0.847. The highest BCUT2D eigenvalue weighted by Crippen LogP contribution is 2.29. The van der Waals surface area contributed by atoms with Gasteiger partial charge in [0.2, 0.25) is 0 Å². The van der Waals surface area contributed by atoms with Gasteiger partial charge in [-0.15, -0.1) is 0 Å². The van der Waals surface area contributed by atoms with Gasteiger partial charge in [-0.2, -0.15) is 0 Å². The van der Waals surface area contributed by atoms with E-state index in [1.807, 2.05) is 0 Å². The molecule has 0 saturated heterocycles. The fourth-order valence-electron chi connectivity index (χ4n) is 3.13. The zero-order chi connectivity index (χ0) is 17.1. The Morgan fingerprint density at radius 2 is 2.00 bits per heavy atom. The molecule has 1 aromatic heterocycles. The van der Waals surface area contributed by atoms with Gasteiger partial charge in [0.25, 0.3) is 5.91 Å². The highest BCUT2D eigenvalue weighted by atomic mass is 16.5. The maximum atomic E-state index is 12.3. The zero-order valence-corrected chi connectivity index (χ0v) is 14.5. The van der Waals surface area contributed by atoms with E-state index in [0.717, 1.165) is 12.8 Å². The molecule has 1 N–H and O–H groups in total. The van der Waals surface area contributed by atoms with Gasteiger partial charge in [-0.25, -0.2) is 4.79 Å². The van der Waals surface area contributed by atoms with Crippen molar-refractivity contribution in [1.82, 2.24) is 10.5 Å². The third kappa shape index (κ3) is 3.92. The summed E-state index contributed by atoms with van der Waals surface area (Å²) in [5.74, 6) is 0.590. The summed E-state index contributed by atoms with van der Waals surface area (Å²) < 4.78 is 10.2. The van der Waals surface area contributed by atoms with Crippen molar-refractivity contribution in [2.45, 2.75) is 66.0 Å². The van der Waals surface area contributed by atoms with Crippen LogP contribution in [-0.2, 0) is 9.53 Å². The van der Waals surface area contributed by atoms with Gasteiger partial charge in [-0.1, -0.05) is 31.8 Å². The summed E-state index contributed by atoms with van der Waals surface area (Å²) in [4.78, 5) is 24.5. The predicted octanol–water partition coefficient (Wildman–Crippen LogP) is 2.78. The number of aromatic nitrogens is 1. The van der Waals surface area contributed by atoms with Crippen molar-refractivity contribution >= 4 is 11.9 Å². The molecule has 1 aromatic rings. The molecule has 1 amide bonds. The minimum absolute atomic E-state index is 0.145. The van der Waals surface area contributed by atoms with Crippen molar-refractivity contribution in [3.8, 4) is 0 Å². The molecular weight excluding hydrogens is 296 g/mol. The second-order valence-electron chi connectivity index (χ2n) is 6.63. The van der Waals surface area contributed by atoms with Crippen LogP contribution < -0.4 is 5.32 Å². The highest BCUT2D eigenvalue weighted by molar-refractivity contribution is 5.93. The number of amides is 1. The number of hydrogen-bond acceptors (Lipinski definition) is 5. The van der Waals surface area contributed by atoms with Crippen LogP contribution >= 0.6 is 0 Å². The monoisotopic (exact) mass is 322 g/mol. The number of hydrogen-bond donors (Lipinski definition) is 1. The first-order valence-corrected chi connectivity index (χ1v) is 8.25. The summed E-state index contributed by atoms with van der Waals surface area (Å²) in [6, 6.07) is 0.145. The second kappa shape index (κ2) is 7.15. The number of esters is 1. The van der Waals surface area contributed by atoms with E-state index in [2.05, 4.69) is 24.3 Å². The molecule has 0 bridgehead atoms. The van der Waals surface area contributed by atoms with Crippen molar-refractivity contribution in [3.05, 3.63) is 17.0 Å². The maximum Gasteiger partial charge on any atom is 0.344 e. The van der Waals surface area contributed by atoms with Gasteiger partial charge in [-0.3, -0.25) is 4.79 Å². The van der Waals surface area contributed by atoms with E-state index in [1.54, 1.807) is 20.8 Å². The molecule has 128 valence electrons. The third-order valence-corrected chi connectivity index (χ3v) is 4.93. The lowest BCUT2D eigenvalue weighted by molar-refractivity contribution is -0.130. The molecule has 0 radical (unpaired) electrons. The lowest BCUT2D eigenvalue weighted by Gasteiger charge is -2.35. The average Bonchev–Trinajstić information content (AvgIpc) is 2.82. The summed E-state index contributed by atoms with van der Waals surface area (Å²) >= 11 is 0. The van der Waals surface area contributed by atoms with Gasteiger partial charge in [0.15, 0.2) is 6.10 Å². The van der Waals surface area contributed by atoms with Crippen LogP contribution in [0.1, 0.15) is 61.8 Å². The summed E-state index contributed by atoms with van der Waals surface area (Å²) in [6.45, 7) is 9.27. The molecule has 1 saturated carbocycles. The van der Waals surface area contributed by atoms with Crippen molar-refractivity contribution in [2.75, 3.05) is 0 Å². The number of ether oxygens (including phenoxy) is 1. The Morgan fingerprint density at radius 1 is 1.30 bits per heavy atom. The number of nitrogens with zero attached hydrogens (tertiary/aromatic N) is 1. The minimum Gasteiger partial charge on any atom is -0.449 e. The van der Waals surface area contributed by atoms with Crippen molar-refractivity contribution in [1.29, 1.82) is 0 Å². The summed E-state index contributed by atoms with van der Waals surface area (Å²) in [5, 5.41) is 6.75. The first-order chi connectivity index (χ1) is 10.8. The van der Waals surface area contributed by atoms with Crippen LogP contribution in [0.15, 0.2) is 4.52 Å². The Hall–Kier alpha value is -1.85. The second-order valence-corrected chi connectivity index (χ2v) is 6.63. The molecule has 0 aliphatic heterocycles. The Bertz CT molecular complexity index is 562. The van der Waals surface area contributed by atoms with Gasteiger partial charge in [0.1, 0.15) is 11.3 Å². The van der Waals surface area contributed by atoms with E-state index in [1.165, 1.54) is 6.42 Å². The van der Waals surface area contributed by atoms with Crippen molar-refractivity contribution < 1.29 is 18.8 Å². The lowest BCUT2D eigenvalue weighted by atomic mass is 9.78. The van der Waals surface area contributed by atoms with Crippen LogP contribution in [0.4, 0.5) is 0 Å². The Balaban J connectivity index is 1.94. The van der Waals surface area contributed by atoms with Crippen LogP contribution in [0.5, 0.6) is 0 Å². The standard InChI is InChI=1S/C17H26N2O4/c1-9-7-6-8-14(10(9)2)18-16(20)13(5)22-17(21)15-11(3)19-23-12(15)4/h9-10,13-14H,6-8H2,1-5H3,(H,18,20)/t9-,10-,13+,14+/m0/s1. The number of aryl methyl sites for hydroxylation is 2. The molecule has 0 aromatic carbocycles. The quantitative estimate of drug-likeness (QED) is 0.862. The van der Waals surface area contributed by atoms with E-state index < -0.39 is 12.1 Å². The Kier molecular flexibility index (Phi) is 5.44. The molecule has 1 heterocycles. The smallest absolute Gasteiger partial charge is 0.344 e. The van der Waals surface area contributed by atoms with Gasteiger partial charge in [0, 0.05) is 6.04 Å². The zero-order valence-electron chi connectivity index (χ0n) is 14.5.